The lowest BCUT2D eigenvalue weighted by atomic mass is 9.67. The zero-order valence-electron chi connectivity index (χ0n) is 11.6. The van der Waals surface area contributed by atoms with E-state index in [1.807, 2.05) is 0 Å². The van der Waals surface area contributed by atoms with E-state index >= 15 is 0 Å². The van der Waals surface area contributed by atoms with E-state index in [0.717, 1.165) is 17.9 Å². The Balaban J connectivity index is 1.78. The molecule has 0 amide bonds. The number of aliphatic hydroxyl groups excluding tert-OH is 1. The highest BCUT2D eigenvalue weighted by atomic mass is 32.1. The van der Waals surface area contributed by atoms with Gasteiger partial charge >= 0.3 is 0 Å². The van der Waals surface area contributed by atoms with Crippen molar-refractivity contribution in [1.29, 1.82) is 0 Å². The van der Waals surface area contributed by atoms with Gasteiger partial charge in [0.25, 0.3) is 0 Å². The van der Waals surface area contributed by atoms with Crippen LogP contribution in [0.25, 0.3) is 10.1 Å². The summed E-state index contributed by atoms with van der Waals surface area (Å²) in [6, 6.07) is 8.38. The molecule has 4 atom stereocenters. The summed E-state index contributed by atoms with van der Waals surface area (Å²) in [4.78, 5) is 0. The molecule has 3 heteroatoms. The lowest BCUT2D eigenvalue weighted by Crippen LogP contribution is -2.41. The first-order chi connectivity index (χ1) is 9.74. The maximum absolute atomic E-state index is 11.1. The maximum Gasteiger partial charge on any atom is 0.0875 e. The summed E-state index contributed by atoms with van der Waals surface area (Å²) >= 11 is 1.73. The standard InChI is InChI=1S/C17H21NOS/c18-10-17(8-11-5-6-12(17)7-11)16(19)14-9-20-15-4-2-1-3-13(14)15/h1-4,9,11-12,16,19H,5-8,10,18H2. The van der Waals surface area contributed by atoms with Crippen molar-refractivity contribution in [3.8, 4) is 0 Å². The van der Waals surface area contributed by atoms with Gasteiger partial charge in [-0.25, -0.2) is 0 Å². The fourth-order valence-electron chi connectivity index (χ4n) is 4.70. The first kappa shape index (κ1) is 12.8. The van der Waals surface area contributed by atoms with E-state index in [2.05, 4.69) is 29.6 Å². The van der Waals surface area contributed by atoms with Crippen LogP contribution in [0.5, 0.6) is 0 Å². The zero-order valence-corrected chi connectivity index (χ0v) is 12.4. The Kier molecular flexibility index (Phi) is 2.92. The summed E-state index contributed by atoms with van der Waals surface area (Å²) in [7, 11) is 0. The van der Waals surface area contributed by atoms with Crippen molar-refractivity contribution in [2.45, 2.75) is 31.8 Å². The molecule has 20 heavy (non-hydrogen) atoms. The molecular weight excluding hydrogens is 266 g/mol. The number of nitrogens with two attached hydrogens (primary N) is 1. The number of benzene rings is 1. The Hall–Kier alpha value is -0.900. The van der Waals surface area contributed by atoms with E-state index in [9.17, 15) is 5.11 Å². The molecule has 2 nitrogen and oxygen atoms in total. The van der Waals surface area contributed by atoms with Crippen LogP contribution in [0.2, 0.25) is 0 Å². The highest BCUT2D eigenvalue weighted by Crippen LogP contribution is 2.61. The van der Waals surface area contributed by atoms with E-state index in [1.54, 1.807) is 11.3 Å². The van der Waals surface area contributed by atoms with Gasteiger partial charge in [0, 0.05) is 16.7 Å². The fraction of sp³-hybridized carbons (Fsp3) is 0.529. The number of hydrogen-bond donors (Lipinski definition) is 2. The Bertz CT molecular complexity index is 637. The van der Waals surface area contributed by atoms with Crippen molar-refractivity contribution in [3.05, 3.63) is 35.2 Å². The molecule has 2 aromatic rings. The van der Waals surface area contributed by atoms with E-state index in [1.165, 1.54) is 29.3 Å². The van der Waals surface area contributed by atoms with Crippen LogP contribution in [0.1, 0.15) is 37.4 Å². The number of fused-ring (bicyclic) bond motifs is 3. The highest BCUT2D eigenvalue weighted by molar-refractivity contribution is 7.17. The molecule has 1 aromatic carbocycles. The SMILES string of the molecule is NCC1(C(O)c2csc3ccccc23)CC2CCC1C2. The number of aliphatic hydroxyl groups is 1. The van der Waals surface area contributed by atoms with Crippen LogP contribution in [0.3, 0.4) is 0 Å². The molecule has 1 heterocycles. The summed E-state index contributed by atoms with van der Waals surface area (Å²) in [5, 5.41) is 14.5. The molecule has 0 spiro atoms. The summed E-state index contributed by atoms with van der Waals surface area (Å²) in [5.41, 5.74) is 7.17. The summed E-state index contributed by atoms with van der Waals surface area (Å²) in [5.74, 6) is 1.41. The minimum Gasteiger partial charge on any atom is -0.388 e. The molecule has 4 unspecified atom stereocenters. The smallest absolute Gasteiger partial charge is 0.0875 e. The molecule has 0 aliphatic heterocycles. The van der Waals surface area contributed by atoms with E-state index in [4.69, 9.17) is 5.73 Å². The Morgan fingerprint density at radius 2 is 2.20 bits per heavy atom. The van der Waals surface area contributed by atoms with Crippen molar-refractivity contribution >= 4 is 21.4 Å². The lowest BCUT2D eigenvalue weighted by Gasteiger charge is -2.41. The molecule has 2 fully saturated rings. The van der Waals surface area contributed by atoms with Crippen LogP contribution in [0.4, 0.5) is 0 Å². The van der Waals surface area contributed by atoms with Crippen molar-refractivity contribution < 1.29 is 5.11 Å². The highest BCUT2D eigenvalue weighted by Gasteiger charge is 2.54. The molecule has 2 aliphatic carbocycles. The van der Waals surface area contributed by atoms with E-state index in [-0.39, 0.29) is 5.41 Å². The molecule has 106 valence electrons. The Morgan fingerprint density at radius 3 is 2.90 bits per heavy atom. The molecule has 0 saturated heterocycles. The van der Waals surface area contributed by atoms with Crippen molar-refractivity contribution in [1.82, 2.24) is 0 Å². The average molecular weight is 287 g/mol. The molecule has 3 N–H and O–H groups in total. The Morgan fingerprint density at radius 1 is 1.35 bits per heavy atom. The van der Waals surface area contributed by atoms with Gasteiger partial charge in [-0.15, -0.1) is 11.3 Å². The predicted octanol–water partition coefficient (Wildman–Crippen LogP) is 3.70. The van der Waals surface area contributed by atoms with Crippen LogP contribution < -0.4 is 5.73 Å². The number of thiophene rings is 1. The third-order valence-corrected chi connectivity index (χ3v) is 6.73. The molecule has 2 saturated carbocycles. The lowest BCUT2D eigenvalue weighted by molar-refractivity contribution is -0.0119. The molecule has 0 radical (unpaired) electrons. The average Bonchev–Trinajstić information content (AvgIpc) is 3.19. The van der Waals surface area contributed by atoms with Crippen molar-refractivity contribution in [3.63, 3.8) is 0 Å². The minimum absolute atomic E-state index is 0.0766. The summed E-state index contributed by atoms with van der Waals surface area (Å²) < 4.78 is 1.26. The summed E-state index contributed by atoms with van der Waals surface area (Å²) in [6.07, 6.45) is 4.57. The van der Waals surface area contributed by atoms with Crippen LogP contribution in [0.15, 0.2) is 29.6 Å². The maximum atomic E-state index is 11.1. The van der Waals surface area contributed by atoms with Gasteiger partial charge in [0.05, 0.1) is 6.10 Å². The zero-order chi connectivity index (χ0) is 13.7. The first-order valence-electron chi connectivity index (χ1n) is 7.59. The number of rotatable bonds is 3. The molecule has 2 bridgehead atoms. The molecular formula is C17H21NOS. The third kappa shape index (κ3) is 1.63. The first-order valence-corrected chi connectivity index (χ1v) is 8.47. The van der Waals surface area contributed by atoms with Gasteiger partial charge in [-0.1, -0.05) is 24.6 Å². The molecule has 2 aliphatic rings. The van der Waals surface area contributed by atoms with E-state index < -0.39 is 6.10 Å². The second kappa shape index (κ2) is 4.55. The monoisotopic (exact) mass is 287 g/mol. The van der Waals surface area contributed by atoms with Gasteiger partial charge in [0.15, 0.2) is 0 Å². The molecule has 4 rings (SSSR count). The normalized spacial score (nSPS) is 33.9. The minimum atomic E-state index is -0.404. The van der Waals surface area contributed by atoms with Crippen LogP contribution in [-0.2, 0) is 0 Å². The van der Waals surface area contributed by atoms with Gasteiger partial charge in [-0.3, -0.25) is 0 Å². The topological polar surface area (TPSA) is 46.2 Å². The van der Waals surface area contributed by atoms with Gasteiger partial charge in [0.1, 0.15) is 0 Å². The van der Waals surface area contributed by atoms with Crippen molar-refractivity contribution in [2.24, 2.45) is 23.0 Å². The third-order valence-electron chi connectivity index (χ3n) is 5.75. The number of hydrogen-bond acceptors (Lipinski definition) is 3. The second-order valence-electron chi connectivity index (χ2n) is 6.61. The summed E-state index contributed by atoms with van der Waals surface area (Å²) in [6.45, 7) is 0.611. The Labute approximate surface area is 123 Å². The quantitative estimate of drug-likeness (QED) is 0.904. The largest absolute Gasteiger partial charge is 0.388 e. The van der Waals surface area contributed by atoms with Gasteiger partial charge in [-0.2, -0.15) is 0 Å². The van der Waals surface area contributed by atoms with Gasteiger partial charge in [-0.05, 0) is 53.5 Å². The predicted molar refractivity (Wildman–Crippen MR) is 83.7 cm³/mol. The molecule has 1 aromatic heterocycles. The second-order valence-corrected chi connectivity index (χ2v) is 7.52. The fourth-order valence-corrected chi connectivity index (χ4v) is 5.68. The van der Waals surface area contributed by atoms with Gasteiger partial charge < -0.3 is 10.8 Å². The van der Waals surface area contributed by atoms with Gasteiger partial charge in [0.2, 0.25) is 0 Å². The van der Waals surface area contributed by atoms with Crippen molar-refractivity contribution in [2.75, 3.05) is 6.54 Å². The van der Waals surface area contributed by atoms with E-state index in [0.29, 0.717) is 12.5 Å². The van der Waals surface area contributed by atoms with Crippen LogP contribution in [0, 0.1) is 17.3 Å². The van der Waals surface area contributed by atoms with Crippen LogP contribution >= 0.6 is 11.3 Å². The van der Waals surface area contributed by atoms with Crippen LogP contribution in [-0.4, -0.2) is 11.7 Å².